The molecule has 0 atom stereocenters. The first kappa shape index (κ1) is 19.1. The molecule has 7 heteroatoms. The van der Waals surface area contributed by atoms with Crippen molar-refractivity contribution in [2.75, 3.05) is 11.9 Å². The van der Waals surface area contributed by atoms with Crippen molar-refractivity contribution >= 4 is 28.3 Å². The van der Waals surface area contributed by atoms with Gasteiger partial charge in [-0.3, -0.25) is 9.59 Å². The molecule has 2 N–H and O–H groups in total. The fourth-order valence-electron chi connectivity index (χ4n) is 2.48. The summed E-state index contributed by atoms with van der Waals surface area (Å²) in [5, 5.41) is 15.2. The lowest BCUT2D eigenvalue weighted by atomic mass is 10.1. The lowest BCUT2D eigenvalue weighted by Crippen LogP contribution is -2.28. The van der Waals surface area contributed by atoms with E-state index >= 15 is 0 Å². The Morgan fingerprint density at radius 1 is 1.16 bits per heavy atom. The number of nitrogens with one attached hydrogen (secondary N) is 2. The van der Waals surface area contributed by atoms with Crippen molar-refractivity contribution in [3.63, 3.8) is 0 Å². The first-order valence-electron chi connectivity index (χ1n) is 8.52. The first-order chi connectivity index (χ1) is 12.0. The summed E-state index contributed by atoms with van der Waals surface area (Å²) in [4.78, 5) is 24.1. The Labute approximate surface area is 152 Å². The van der Waals surface area contributed by atoms with Crippen molar-refractivity contribution in [1.29, 1.82) is 0 Å². The summed E-state index contributed by atoms with van der Waals surface area (Å²) in [5.74, 6) is 0.0340. The van der Waals surface area contributed by atoms with Gasteiger partial charge in [0.2, 0.25) is 11.0 Å². The van der Waals surface area contributed by atoms with Crippen molar-refractivity contribution in [2.45, 2.75) is 46.0 Å². The van der Waals surface area contributed by atoms with E-state index in [4.69, 9.17) is 0 Å². The number of carbonyl (C=O) groups excluding carboxylic acids is 2. The van der Waals surface area contributed by atoms with Crippen molar-refractivity contribution in [3.8, 4) is 0 Å². The van der Waals surface area contributed by atoms with E-state index in [0.29, 0.717) is 16.6 Å². The Bertz CT molecular complexity index is 725. The van der Waals surface area contributed by atoms with Crippen LogP contribution in [0.3, 0.4) is 0 Å². The maximum atomic E-state index is 12.1. The third-order valence-corrected chi connectivity index (χ3v) is 5.05. The van der Waals surface area contributed by atoms with Crippen LogP contribution in [0.4, 0.5) is 5.13 Å². The van der Waals surface area contributed by atoms with Crippen LogP contribution in [0.25, 0.3) is 0 Å². The number of nitrogens with zero attached hydrogens (tertiary/aromatic N) is 2. The summed E-state index contributed by atoms with van der Waals surface area (Å²) >= 11 is 1.42. The van der Waals surface area contributed by atoms with Gasteiger partial charge in [0.15, 0.2) is 0 Å². The SMILES string of the molecule is CCC(CC)c1nnc(NC(=O)CCNC(=O)c2ccccc2C)s1. The van der Waals surface area contributed by atoms with Gasteiger partial charge in [-0.25, -0.2) is 0 Å². The maximum Gasteiger partial charge on any atom is 0.251 e. The summed E-state index contributed by atoms with van der Waals surface area (Å²) in [6.07, 6.45) is 2.20. The van der Waals surface area contributed by atoms with E-state index < -0.39 is 0 Å². The molecule has 0 aliphatic heterocycles. The maximum absolute atomic E-state index is 12.1. The molecule has 1 heterocycles. The largest absolute Gasteiger partial charge is 0.352 e. The Hall–Kier alpha value is -2.28. The average molecular weight is 360 g/mol. The van der Waals surface area contributed by atoms with Gasteiger partial charge in [-0.15, -0.1) is 10.2 Å². The predicted octanol–water partition coefficient (Wildman–Crippen LogP) is 3.51. The molecule has 25 heavy (non-hydrogen) atoms. The highest BCUT2D eigenvalue weighted by Gasteiger charge is 2.15. The molecule has 2 rings (SSSR count). The third kappa shape index (κ3) is 5.35. The van der Waals surface area contributed by atoms with Crippen molar-refractivity contribution in [2.24, 2.45) is 0 Å². The molecular formula is C18H24N4O2S. The summed E-state index contributed by atoms with van der Waals surface area (Å²) in [7, 11) is 0. The second-order valence-corrected chi connectivity index (χ2v) is 6.84. The molecule has 0 unspecified atom stereocenters. The number of carbonyl (C=O) groups is 2. The van der Waals surface area contributed by atoms with Crippen molar-refractivity contribution < 1.29 is 9.59 Å². The Kier molecular flexibility index (Phi) is 7.06. The lowest BCUT2D eigenvalue weighted by Gasteiger charge is -2.07. The van der Waals surface area contributed by atoms with Gasteiger partial charge in [0.05, 0.1) is 0 Å². The van der Waals surface area contributed by atoms with E-state index in [1.807, 2.05) is 25.1 Å². The second-order valence-electron chi connectivity index (χ2n) is 5.83. The third-order valence-electron chi connectivity index (χ3n) is 4.05. The smallest absolute Gasteiger partial charge is 0.251 e. The molecule has 134 valence electrons. The first-order valence-corrected chi connectivity index (χ1v) is 9.33. The van der Waals surface area contributed by atoms with Crippen LogP contribution in [0.1, 0.15) is 60.0 Å². The van der Waals surface area contributed by atoms with Gasteiger partial charge >= 0.3 is 0 Å². The lowest BCUT2D eigenvalue weighted by molar-refractivity contribution is -0.116. The highest BCUT2D eigenvalue weighted by atomic mass is 32.1. The average Bonchev–Trinajstić information content (AvgIpc) is 3.04. The van der Waals surface area contributed by atoms with E-state index in [0.717, 1.165) is 23.4 Å². The molecule has 2 aromatic rings. The van der Waals surface area contributed by atoms with E-state index in [1.165, 1.54) is 11.3 Å². The number of hydrogen-bond acceptors (Lipinski definition) is 5. The van der Waals surface area contributed by atoms with Crippen LogP contribution >= 0.6 is 11.3 Å². The molecule has 0 aliphatic rings. The highest BCUT2D eigenvalue weighted by molar-refractivity contribution is 7.15. The normalized spacial score (nSPS) is 10.7. The van der Waals surface area contributed by atoms with Gasteiger partial charge in [-0.1, -0.05) is 43.4 Å². The molecule has 0 spiro atoms. The van der Waals surface area contributed by atoms with Crippen LogP contribution in [0.2, 0.25) is 0 Å². The van der Waals surface area contributed by atoms with Gasteiger partial charge in [0, 0.05) is 24.4 Å². The molecule has 0 radical (unpaired) electrons. The molecule has 0 bridgehead atoms. The van der Waals surface area contributed by atoms with Crippen LogP contribution in [0.15, 0.2) is 24.3 Å². The molecule has 0 saturated heterocycles. The van der Waals surface area contributed by atoms with Crippen molar-refractivity contribution in [1.82, 2.24) is 15.5 Å². The molecular weight excluding hydrogens is 336 g/mol. The zero-order valence-corrected chi connectivity index (χ0v) is 15.7. The van der Waals surface area contributed by atoms with E-state index in [9.17, 15) is 9.59 Å². The number of benzene rings is 1. The molecule has 1 aromatic carbocycles. The number of amides is 2. The van der Waals surface area contributed by atoms with E-state index in [2.05, 4.69) is 34.7 Å². The van der Waals surface area contributed by atoms with Crippen LogP contribution in [0, 0.1) is 6.92 Å². The summed E-state index contributed by atoms with van der Waals surface area (Å²) in [6.45, 7) is 6.39. The van der Waals surface area contributed by atoms with E-state index in [1.54, 1.807) is 6.07 Å². The summed E-state index contributed by atoms with van der Waals surface area (Å²) in [6, 6.07) is 7.36. The minimum absolute atomic E-state index is 0.169. The quantitative estimate of drug-likeness (QED) is 0.754. The van der Waals surface area contributed by atoms with Crippen LogP contribution in [-0.2, 0) is 4.79 Å². The zero-order chi connectivity index (χ0) is 18.2. The van der Waals surface area contributed by atoms with Gasteiger partial charge in [-0.2, -0.15) is 0 Å². The fourth-order valence-corrected chi connectivity index (χ4v) is 3.51. The van der Waals surface area contributed by atoms with E-state index in [-0.39, 0.29) is 24.8 Å². The zero-order valence-electron chi connectivity index (χ0n) is 14.8. The van der Waals surface area contributed by atoms with Gasteiger partial charge in [0.1, 0.15) is 5.01 Å². The van der Waals surface area contributed by atoms with Crippen LogP contribution in [0.5, 0.6) is 0 Å². The Morgan fingerprint density at radius 3 is 2.56 bits per heavy atom. The van der Waals surface area contributed by atoms with Gasteiger partial charge in [-0.05, 0) is 31.4 Å². The van der Waals surface area contributed by atoms with Crippen LogP contribution in [-0.4, -0.2) is 28.6 Å². The molecule has 6 nitrogen and oxygen atoms in total. The number of aromatic nitrogens is 2. The standard InChI is InChI=1S/C18H24N4O2S/c1-4-13(5-2)17-21-22-18(25-17)20-15(23)10-11-19-16(24)14-9-7-6-8-12(14)3/h6-9,13H,4-5,10-11H2,1-3H3,(H,19,24)(H,20,22,23). The Morgan fingerprint density at radius 2 is 1.88 bits per heavy atom. The monoisotopic (exact) mass is 360 g/mol. The fraction of sp³-hybridized carbons (Fsp3) is 0.444. The highest BCUT2D eigenvalue weighted by Crippen LogP contribution is 2.27. The summed E-state index contributed by atoms with van der Waals surface area (Å²) in [5.41, 5.74) is 1.54. The summed E-state index contributed by atoms with van der Waals surface area (Å²) < 4.78 is 0. The number of aryl methyl sites for hydroxylation is 1. The van der Waals surface area contributed by atoms with Crippen LogP contribution < -0.4 is 10.6 Å². The molecule has 1 aromatic heterocycles. The number of anilines is 1. The van der Waals surface area contributed by atoms with Gasteiger partial charge < -0.3 is 10.6 Å². The predicted molar refractivity (Wildman–Crippen MR) is 100.0 cm³/mol. The van der Waals surface area contributed by atoms with Gasteiger partial charge in [0.25, 0.3) is 5.91 Å². The molecule has 0 aliphatic carbocycles. The molecule has 0 saturated carbocycles. The topological polar surface area (TPSA) is 84.0 Å². The Balaban J connectivity index is 1.79. The molecule has 2 amide bonds. The second kappa shape index (κ2) is 9.27. The minimum Gasteiger partial charge on any atom is -0.352 e. The molecule has 0 fully saturated rings. The number of rotatable bonds is 8. The minimum atomic E-state index is -0.183. The van der Waals surface area contributed by atoms with Crippen molar-refractivity contribution in [3.05, 3.63) is 40.4 Å². The number of hydrogen-bond donors (Lipinski definition) is 2.